The number of carbonyl (C=O) groups excluding carboxylic acids is 2. The lowest BCUT2D eigenvalue weighted by molar-refractivity contribution is -0.140. The van der Waals surface area contributed by atoms with Crippen LogP contribution >= 0.6 is 0 Å². The van der Waals surface area contributed by atoms with Gasteiger partial charge in [-0.1, -0.05) is 13.8 Å². The molecule has 0 aliphatic heterocycles. The molecule has 13 heavy (non-hydrogen) atoms. The average molecular weight is 189 g/mol. The van der Waals surface area contributed by atoms with Crippen molar-refractivity contribution >= 4 is 11.9 Å². The zero-order valence-electron chi connectivity index (χ0n) is 9.09. The molecule has 0 aromatic carbocycles. The number of methoxy groups -OCH3 is 1. The van der Waals surface area contributed by atoms with E-state index in [1.807, 2.05) is 6.92 Å². The molecule has 0 heterocycles. The van der Waals surface area contributed by atoms with Crippen LogP contribution < -0.4 is 0 Å². The van der Waals surface area contributed by atoms with Gasteiger partial charge in [-0.15, -0.1) is 0 Å². The van der Waals surface area contributed by atoms with Crippen molar-refractivity contribution < 1.29 is 14.3 Å². The van der Waals surface area contributed by atoms with Gasteiger partial charge in [0.15, 0.2) is 0 Å². The van der Waals surface area contributed by atoms with Gasteiger partial charge in [0.05, 0.1) is 7.11 Å². The quantitative estimate of drug-likeness (QED) is 0.610. The summed E-state index contributed by atoms with van der Waals surface area (Å²) in [7, 11) is 4.89. The summed E-state index contributed by atoms with van der Waals surface area (Å²) in [5.41, 5.74) is 0. The van der Waals surface area contributed by atoms with E-state index in [-0.39, 0.29) is 11.9 Å². The predicted octanol–water partition coefficient (Wildman–Crippen LogP) is 1.05. The highest BCUT2D eigenvalue weighted by Crippen LogP contribution is 1.81. The number of nitrogens with zero attached hydrogens (tertiary/aromatic N) is 1. The monoisotopic (exact) mass is 189 g/mol. The molecule has 0 saturated carbocycles. The molecule has 78 valence electrons. The van der Waals surface area contributed by atoms with Crippen LogP contribution in [0.4, 0.5) is 0 Å². The van der Waals surface area contributed by atoms with Gasteiger partial charge in [0, 0.05) is 26.9 Å². The Morgan fingerprint density at radius 1 is 1.15 bits per heavy atom. The minimum absolute atomic E-state index is 0.157. The summed E-state index contributed by atoms with van der Waals surface area (Å²) in [5.74, 6) is 0.0231. The second-order valence-corrected chi connectivity index (χ2v) is 2.57. The molecule has 0 N–H and O–H groups in total. The van der Waals surface area contributed by atoms with Crippen molar-refractivity contribution in [3.05, 3.63) is 0 Å². The number of esters is 1. The van der Waals surface area contributed by atoms with Gasteiger partial charge in [0.25, 0.3) is 0 Å². The van der Waals surface area contributed by atoms with E-state index in [2.05, 4.69) is 4.74 Å². The first-order chi connectivity index (χ1) is 5.99. The Morgan fingerprint density at radius 2 is 1.62 bits per heavy atom. The maximum Gasteiger partial charge on any atom is 0.305 e. The molecule has 0 aliphatic carbocycles. The van der Waals surface area contributed by atoms with E-state index < -0.39 is 0 Å². The average Bonchev–Trinajstić information content (AvgIpc) is 2.16. The van der Waals surface area contributed by atoms with E-state index >= 15 is 0 Å². The standard InChI is InChI=1S/C5H11NO.C4H8O2/c1-4-5(7)6(2)3;1-3-4(5)6-2/h4H2,1-3H3;3H2,1-2H3. The number of amides is 1. The molecule has 0 aromatic heterocycles. The smallest absolute Gasteiger partial charge is 0.305 e. The summed E-state index contributed by atoms with van der Waals surface area (Å²) < 4.78 is 4.26. The third-order valence-corrected chi connectivity index (χ3v) is 1.32. The first-order valence-corrected chi connectivity index (χ1v) is 4.26. The minimum atomic E-state index is -0.157. The van der Waals surface area contributed by atoms with Crippen molar-refractivity contribution in [3.63, 3.8) is 0 Å². The Balaban J connectivity index is 0. The van der Waals surface area contributed by atoms with E-state index in [4.69, 9.17) is 0 Å². The van der Waals surface area contributed by atoms with Gasteiger partial charge < -0.3 is 9.64 Å². The van der Waals surface area contributed by atoms with E-state index in [1.54, 1.807) is 25.9 Å². The van der Waals surface area contributed by atoms with Crippen molar-refractivity contribution in [1.29, 1.82) is 0 Å². The van der Waals surface area contributed by atoms with Crippen LogP contribution in [0.2, 0.25) is 0 Å². The Bertz CT molecular complexity index is 149. The summed E-state index contributed by atoms with van der Waals surface area (Å²) in [6, 6.07) is 0. The predicted molar refractivity (Wildman–Crippen MR) is 51.3 cm³/mol. The van der Waals surface area contributed by atoms with Crippen LogP contribution in [0.3, 0.4) is 0 Å². The van der Waals surface area contributed by atoms with Gasteiger partial charge in [-0.05, 0) is 0 Å². The molecule has 0 unspecified atom stereocenters. The zero-order valence-corrected chi connectivity index (χ0v) is 9.09. The molecule has 0 radical (unpaired) electrons. The molecule has 4 heteroatoms. The van der Waals surface area contributed by atoms with Crippen LogP contribution in [-0.2, 0) is 14.3 Å². The second-order valence-electron chi connectivity index (χ2n) is 2.57. The SMILES string of the molecule is CCC(=O)N(C)C.CCC(=O)OC. The van der Waals surface area contributed by atoms with Crippen LogP contribution in [0.15, 0.2) is 0 Å². The number of carbonyl (C=O) groups is 2. The lowest BCUT2D eigenvalue weighted by atomic mass is 10.4. The molecule has 1 amide bonds. The van der Waals surface area contributed by atoms with Crippen LogP contribution in [0, 0.1) is 0 Å². The molecule has 0 aliphatic rings. The van der Waals surface area contributed by atoms with Gasteiger partial charge in [0.1, 0.15) is 0 Å². The van der Waals surface area contributed by atoms with Gasteiger partial charge in [-0.25, -0.2) is 0 Å². The topological polar surface area (TPSA) is 46.6 Å². The number of hydrogen-bond acceptors (Lipinski definition) is 3. The van der Waals surface area contributed by atoms with Crippen molar-refractivity contribution in [3.8, 4) is 0 Å². The summed E-state index contributed by atoms with van der Waals surface area (Å²) in [6.07, 6.45) is 1.07. The van der Waals surface area contributed by atoms with Gasteiger partial charge in [-0.2, -0.15) is 0 Å². The Kier molecular flexibility index (Phi) is 10.0. The largest absolute Gasteiger partial charge is 0.469 e. The molecule has 0 saturated heterocycles. The lowest BCUT2D eigenvalue weighted by Crippen LogP contribution is -2.19. The molecule has 0 bridgehead atoms. The van der Waals surface area contributed by atoms with Crippen molar-refractivity contribution in [2.45, 2.75) is 26.7 Å². The first-order valence-electron chi connectivity index (χ1n) is 4.26. The van der Waals surface area contributed by atoms with Crippen molar-refractivity contribution in [2.75, 3.05) is 21.2 Å². The Hall–Kier alpha value is -1.06. The van der Waals surface area contributed by atoms with Crippen LogP contribution in [0.1, 0.15) is 26.7 Å². The highest BCUT2D eigenvalue weighted by atomic mass is 16.5. The summed E-state index contributed by atoms with van der Waals surface area (Å²) in [6.45, 7) is 3.61. The molecule has 4 nitrogen and oxygen atoms in total. The highest BCUT2D eigenvalue weighted by Gasteiger charge is 1.95. The van der Waals surface area contributed by atoms with Crippen LogP contribution in [0.5, 0.6) is 0 Å². The fourth-order valence-corrected chi connectivity index (χ4v) is 0.461. The zero-order chi connectivity index (χ0) is 10.9. The van der Waals surface area contributed by atoms with Crippen molar-refractivity contribution in [2.24, 2.45) is 0 Å². The Morgan fingerprint density at radius 3 is 1.62 bits per heavy atom. The fraction of sp³-hybridized carbons (Fsp3) is 0.778. The third-order valence-electron chi connectivity index (χ3n) is 1.32. The van der Waals surface area contributed by atoms with Gasteiger partial charge in [-0.3, -0.25) is 9.59 Å². The first kappa shape index (κ1) is 14.5. The van der Waals surface area contributed by atoms with Crippen LogP contribution in [0.25, 0.3) is 0 Å². The maximum atomic E-state index is 10.4. The highest BCUT2D eigenvalue weighted by molar-refractivity contribution is 5.75. The van der Waals surface area contributed by atoms with Crippen molar-refractivity contribution in [1.82, 2.24) is 4.90 Å². The molecule has 0 atom stereocenters. The van der Waals surface area contributed by atoms with E-state index in [1.165, 1.54) is 7.11 Å². The number of rotatable bonds is 2. The van der Waals surface area contributed by atoms with E-state index in [0.29, 0.717) is 12.8 Å². The maximum absolute atomic E-state index is 10.4. The molecular weight excluding hydrogens is 170 g/mol. The lowest BCUT2D eigenvalue weighted by Gasteiger charge is -2.05. The molecule has 0 spiro atoms. The number of hydrogen-bond donors (Lipinski definition) is 0. The second kappa shape index (κ2) is 9.03. The Labute approximate surface area is 79.9 Å². The molecular formula is C9H19NO3. The number of ether oxygens (including phenoxy) is 1. The van der Waals surface area contributed by atoms with Gasteiger partial charge >= 0.3 is 5.97 Å². The van der Waals surface area contributed by atoms with Crippen LogP contribution in [-0.4, -0.2) is 38.0 Å². The summed E-state index contributed by atoms with van der Waals surface area (Å²) >= 11 is 0. The van der Waals surface area contributed by atoms with E-state index in [0.717, 1.165) is 0 Å². The summed E-state index contributed by atoms with van der Waals surface area (Å²) in [4.78, 5) is 22.0. The third kappa shape index (κ3) is 10.9. The fourth-order valence-electron chi connectivity index (χ4n) is 0.461. The molecule has 0 aromatic rings. The minimum Gasteiger partial charge on any atom is -0.469 e. The molecule has 0 fully saturated rings. The van der Waals surface area contributed by atoms with Gasteiger partial charge in [0.2, 0.25) is 5.91 Å². The summed E-state index contributed by atoms with van der Waals surface area (Å²) in [5, 5.41) is 0. The normalized spacial score (nSPS) is 8.08. The van der Waals surface area contributed by atoms with E-state index in [9.17, 15) is 9.59 Å². The molecule has 0 rings (SSSR count).